The SMILES string of the molecule is Cc1nc(C)c(C(=O)N(c2ccccc2)[C@H](C(=O)NC[C@H]2CCCO2)c2ccccc2)s1. The highest BCUT2D eigenvalue weighted by Crippen LogP contribution is 2.32. The molecule has 1 fully saturated rings. The summed E-state index contributed by atoms with van der Waals surface area (Å²) in [5, 5.41) is 3.85. The second kappa shape index (κ2) is 10.1. The van der Waals surface area contributed by atoms with Gasteiger partial charge in [-0.25, -0.2) is 4.98 Å². The van der Waals surface area contributed by atoms with E-state index in [9.17, 15) is 9.59 Å². The number of nitrogens with zero attached hydrogens (tertiary/aromatic N) is 2. The van der Waals surface area contributed by atoms with E-state index in [1.807, 2.05) is 74.5 Å². The van der Waals surface area contributed by atoms with E-state index in [0.29, 0.717) is 22.8 Å². The molecular weight excluding hydrogens is 422 g/mol. The Hall–Kier alpha value is -3.03. The van der Waals surface area contributed by atoms with Crippen molar-refractivity contribution in [2.45, 2.75) is 38.8 Å². The van der Waals surface area contributed by atoms with Gasteiger partial charge in [-0.2, -0.15) is 0 Å². The first kappa shape index (κ1) is 22.2. The summed E-state index contributed by atoms with van der Waals surface area (Å²) in [6, 6.07) is 17.9. The molecule has 1 aromatic heterocycles. The van der Waals surface area contributed by atoms with Crippen LogP contribution in [0.15, 0.2) is 60.7 Å². The van der Waals surface area contributed by atoms with Crippen LogP contribution in [0.2, 0.25) is 0 Å². The molecule has 1 aliphatic rings. The molecular formula is C25H27N3O3S. The van der Waals surface area contributed by atoms with Crippen molar-refractivity contribution >= 4 is 28.8 Å². The summed E-state index contributed by atoms with van der Waals surface area (Å²) in [5.74, 6) is -0.469. The molecule has 0 unspecified atom stereocenters. The summed E-state index contributed by atoms with van der Waals surface area (Å²) in [4.78, 5) is 34.0. The number of carbonyl (C=O) groups excluding carboxylic acids is 2. The smallest absolute Gasteiger partial charge is 0.271 e. The predicted octanol–water partition coefficient (Wildman–Crippen LogP) is 4.44. The van der Waals surface area contributed by atoms with Crippen LogP contribution in [-0.4, -0.2) is 36.1 Å². The third-order valence-corrected chi connectivity index (χ3v) is 6.56. The number of anilines is 1. The van der Waals surface area contributed by atoms with Crippen LogP contribution in [0.5, 0.6) is 0 Å². The molecule has 4 rings (SSSR count). The Morgan fingerprint density at radius 3 is 2.41 bits per heavy atom. The van der Waals surface area contributed by atoms with Crippen molar-refractivity contribution in [3.8, 4) is 0 Å². The predicted molar refractivity (Wildman–Crippen MR) is 126 cm³/mol. The lowest BCUT2D eigenvalue weighted by molar-refractivity contribution is -0.123. The number of aromatic nitrogens is 1. The van der Waals surface area contributed by atoms with Gasteiger partial charge in [0.05, 0.1) is 16.8 Å². The van der Waals surface area contributed by atoms with Crippen molar-refractivity contribution in [3.63, 3.8) is 0 Å². The normalized spacial score (nSPS) is 16.5. The third kappa shape index (κ3) is 4.89. The monoisotopic (exact) mass is 449 g/mol. The van der Waals surface area contributed by atoms with Crippen LogP contribution < -0.4 is 10.2 Å². The van der Waals surface area contributed by atoms with Gasteiger partial charge in [-0.3, -0.25) is 14.5 Å². The Bertz CT molecular complexity index is 1060. The van der Waals surface area contributed by atoms with Crippen LogP contribution in [0.4, 0.5) is 5.69 Å². The first-order valence-corrected chi connectivity index (χ1v) is 11.6. The molecule has 2 atom stereocenters. The third-order valence-electron chi connectivity index (χ3n) is 5.50. The number of hydrogen-bond acceptors (Lipinski definition) is 5. The number of para-hydroxylation sites is 1. The van der Waals surface area contributed by atoms with E-state index in [-0.39, 0.29) is 17.9 Å². The zero-order valence-electron chi connectivity index (χ0n) is 18.3. The Morgan fingerprint density at radius 2 is 1.81 bits per heavy atom. The van der Waals surface area contributed by atoms with Crippen LogP contribution in [-0.2, 0) is 9.53 Å². The highest BCUT2D eigenvalue weighted by Gasteiger charge is 2.35. The number of rotatable bonds is 7. The molecule has 1 aliphatic heterocycles. The maximum absolute atomic E-state index is 13.9. The fourth-order valence-electron chi connectivity index (χ4n) is 3.98. The minimum absolute atomic E-state index is 0.0163. The van der Waals surface area contributed by atoms with Crippen LogP contribution in [0.25, 0.3) is 0 Å². The fraction of sp³-hybridized carbons (Fsp3) is 0.320. The van der Waals surface area contributed by atoms with E-state index in [0.717, 1.165) is 30.0 Å². The van der Waals surface area contributed by atoms with Crippen LogP contribution in [0.1, 0.15) is 44.8 Å². The number of amides is 2. The second-order valence-corrected chi connectivity index (χ2v) is 9.05. The summed E-state index contributed by atoms with van der Waals surface area (Å²) in [7, 11) is 0. The molecule has 7 heteroatoms. The molecule has 1 saturated heterocycles. The van der Waals surface area contributed by atoms with E-state index in [4.69, 9.17) is 4.74 Å². The molecule has 0 radical (unpaired) electrons. The highest BCUT2D eigenvalue weighted by atomic mass is 32.1. The van der Waals surface area contributed by atoms with Gasteiger partial charge in [0.1, 0.15) is 10.9 Å². The second-order valence-electron chi connectivity index (χ2n) is 7.85. The topological polar surface area (TPSA) is 71.5 Å². The highest BCUT2D eigenvalue weighted by molar-refractivity contribution is 7.13. The fourth-order valence-corrected chi connectivity index (χ4v) is 4.84. The van der Waals surface area contributed by atoms with Crippen molar-refractivity contribution in [1.29, 1.82) is 0 Å². The van der Waals surface area contributed by atoms with Crippen molar-refractivity contribution < 1.29 is 14.3 Å². The molecule has 0 spiro atoms. The lowest BCUT2D eigenvalue weighted by Gasteiger charge is -2.31. The van der Waals surface area contributed by atoms with Gasteiger partial charge in [0.15, 0.2) is 0 Å². The molecule has 3 aromatic rings. The van der Waals surface area contributed by atoms with E-state index in [2.05, 4.69) is 10.3 Å². The van der Waals surface area contributed by atoms with Crippen molar-refractivity contribution in [1.82, 2.24) is 10.3 Å². The Balaban J connectivity index is 1.74. The summed E-state index contributed by atoms with van der Waals surface area (Å²) in [6.07, 6.45) is 1.95. The summed E-state index contributed by atoms with van der Waals surface area (Å²) < 4.78 is 5.67. The van der Waals surface area contributed by atoms with Gasteiger partial charge in [0.2, 0.25) is 5.91 Å². The Labute approximate surface area is 192 Å². The van der Waals surface area contributed by atoms with Gasteiger partial charge in [-0.1, -0.05) is 48.5 Å². The summed E-state index contributed by atoms with van der Waals surface area (Å²) >= 11 is 1.35. The maximum Gasteiger partial charge on any atom is 0.271 e. The summed E-state index contributed by atoms with van der Waals surface area (Å²) in [6.45, 7) is 4.86. The minimum Gasteiger partial charge on any atom is -0.376 e. The molecule has 2 heterocycles. The average Bonchev–Trinajstić information content (AvgIpc) is 3.45. The minimum atomic E-state index is -0.825. The molecule has 1 N–H and O–H groups in total. The van der Waals surface area contributed by atoms with E-state index >= 15 is 0 Å². The standard InChI is InChI=1S/C25H27N3O3S/c1-17-23(32-18(2)27-17)25(30)28(20-12-7-4-8-13-20)22(19-10-5-3-6-11-19)24(29)26-16-21-14-9-15-31-21/h3-8,10-13,21-22H,9,14-16H2,1-2H3,(H,26,29)/t21-,22+/m1/s1. The van der Waals surface area contributed by atoms with Crippen molar-refractivity contribution in [3.05, 3.63) is 81.8 Å². The molecule has 6 nitrogen and oxygen atoms in total. The first-order valence-electron chi connectivity index (χ1n) is 10.8. The van der Waals surface area contributed by atoms with Gasteiger partial charge < -0.3 is 10.1 Å². The Morgan fingerprint density at radius 1 is 1.12 bits per heavy atom. The number of aryl methyl sites for hydroxylation is 2. The molecule has 2 amide bonds. The molecule has 2 aromatic carbocycles. The zero-order valence-corrected chi connectivity index (χ0v) is 19.1. The van der Waals surface area contributed by atoms with E-state index in [1.54, 1.807) is 4.90 Å². The molecule has 0 bridgehead atoms. The number of benzene rings is 2. The number of nitrogens with one attached hydrogen (secondary N) is 1. The van der Waals surface area contributed by atoms with Gasteiger partial charge in [-0.05, 0) is 44.4 Å². The van der Waals surface area contributed by atoms with Crippen molar-refractivity contribution in [2.75, 3.05) is 18.1 Å². The van der Waals surface area contributed by atoms with Gasteiger partial charge in [-0.15, -0.1) is 11.3 Å². The first-order chi connectivity index (χ1) is 15.5. The molecule has 0 aliphatic carbocycles. The number of thiazole rings is 1. The zero-order chi connectivity index (χ0) is 22.5. The quantitative estimate of drug-likeness (QED) is 0.579. The average molecular weight is 450 g/mol. The van der Waals surface area contributed by atoms with Crippen LogP contribution in [0, 0.1) is 13.8 Å². The number of hydrogen-bond donors (Lipinski definition) is 1. The van der Waals surface area contributed by atoms with E-state index in [1.165, 1.54) is 11.3 Å². The van der Waals surface area contributed by atoms with Gasteiger partial charge in [0, 0.05) is 18.8 Å². The van der Waals surface area contributed by atoms with Crippen LogP contribution >= 0.6 is 11.3 Å². The van der Waals surface area contributed by atoms with Gasteiger partial charge >= 0.3 is 0 Å². The molecule has 166 valence electrons. The summed E-state index contributed by atoms with van der Waals surface area (Å²) in [5.41, 5.74) is 2.07. The molecule has 0 saturated carbocycles. The lowest BCUT2D eigenvalue weighted by Crippen LogP contribution is -2.45. The lowest BCUT2D eigenvalue weighted by atomic mass is 10.0. The van der Waals surface area contributed by atoms with Crippen molar-refractivity contribution in [2.24, 2.45) is 0 Å². The Kier molecular flexibility index (Phi) is 6.97. The maximum atomic E-state index is 13.9. The largest absolute Gasteiger partial charge is 0.376 e. The molecule has 32 heavy (non-hydrogen) atoms. The number of ether oxygens (including phenoxy) is 1. The van der Waals surface area contributed by atoms with Gasteiger partial charge in [0.25, 0.3) is 5.91 Å². The van der Waals surface area contributed by atoms with E-state index < -0.39 is 6.04 Å². The number of carbonyl (C=O) groups is 2. The van der Waals surface area contributed by atoms with Crippen LogP contribution in [0.3, 0.4) is 0 Å².